The van der Waals surface area contributed by atoms with Crippen LogP contribution in [0.4, 0.5) is 5.13 Å². The molecule has 1 fully saturated rings. The molecule has 1 saturated heterocycles. The third-order valence-corrected chi connectivity index (χ3v) is 4.12. The van der Waals surface area contributed by atoms with Crippen LogP contribution in [0.15, 0.2) is 5.38 Å². The molecule has 0 spiro atoms. The third-order valence-electron chi connectivity index (χ3n) is 3.20. The van der Waals surface area contributed by atoms with Gasteiger partial charge in [-0.05, 0) is 32.2 Å². The lowest BCUT2D eigenvalue weighted by Gasteiger charge is -2.19. The average molecular weight is 253 g/mol. The highest BCUT2D eigenvalue weighted by Gasteiger charge is 2.22. The van der Waals surface area contributed by atoms with Crippen LogP contribution in [0.25, 0.3) is 0 Å². The van der Waals surface area contributed by atoms with Crippen molar-refractivity contribution in [2.45, 2.75) is 46.2 Å². The normalized spacial score (nSPS) is 20.5. The molecule has 2 rings (SSSR count). The van der Waals surface area contributed by atoms with Crippen LogP contribution >= 0.6 is 11.3 Å². The van der Waals surface area contributed by atoms with Crippen molar-refractivity contribution in [2.75, 3.05) is 18.0 Å². The molecule has 0 amide bonds. The van der Waals surface area contributed by atoms with Gasteiger partial charge in [-0.15, -0.1) is 11.3 Å². The van der Waals surface area contributed by atoms with E-state index in [0.717, 1.165) is 13.1 Å². The number of nitrogens with one attached hydrogen (secondary N) is 1. The number of aromatic nitrogens is 1. The maximum atomic E-state index is 4.72. The second kappa shape index (κ2) is 5.83. The summed E-state index contributed by atoms with van der Waals surface area (Å²) in [5, 5.41) is 6.84. The molecule has 96 valence electrons. The fourth-order valence-electron chi connectivity index (χ4n) is 2.22. The van der Waals surface area contributed by atoms with Crippen molar-refractivity contribution in [1.82, 2.24) is 10.3 Å². The topological polar surface area (TPSA) is 28.2 Å². The Morgan fingerprint density at radius 3 is 3.06 bits per heavy atom. The molecule has 2 heterocycles. The Kier molecular flexibility index (Phi) is 4.40. The third kappa shape index (κ3) is 3.42. The van der Waals surface area contributed by atoms with Crippen LogP contribution in [0.1, 0.15) is 39.3 Å². The Labute approximate surface area is 108 Å². The minimum atomic E-state index is 0.664. The predicted molar refractivity (Wildman–Crippen MR) is 74.7 cm³/mol. The molecule has 1 aromatic heterocycles. The summed E-state index contributed by atoms with van der Waals surface area (Å²) in [6.07, 6.45) is 2.61. The van der Waals surface area contributed by atoms with Gasteiger partial charge in [-0.25, -0.2) is 4.98 Å². The fourth-order valence-corrected chi connectivity index (χ4v) is 3.17. The second-order valence-electron chi connectivity index (χ2n) is 5.33. The summed E-state index contributed by atoms with van der Waals surface area (Å²) in [4.78, 5) is 7.16. The van der Waals surface area contributed by atoms with Crippen LogP contribution in [0, 0.1) is 5.92 Å². The standard InChI is InChI=1S/C13H23N3S/c1-10(2)7-14-8-12-9-17-13(15-12)16-6-4-5-11(16)3/h9-11,14H,4-8H2,1-3H3. The molecule has 3 nitrogen and oxygen atoms in total. The van der Waals surface area contributed by atoms with Gasteiger partial charge < -0.3 is 10.2 Å². The number of anilines is 1. The van der Waals surface area contributed by atoms with Crippen LogP contribution < -0.4 is 10.2 Å². The number of hydrogen-bond donors (Lipinski definition) is 1. The molecule has 1 aliphatic heterocycles. The van der Waals surface area contributed by atoms with Gasteiger partial charge in [-0.2, -0.15) is 0 Å². The number of thiazole rings is 1. The minimum absolute atomic E-state index is 0.664. The number of rotatable bonds is 5. The van der Waals surface area contributed by atoms with E-state index in [1.54, 1.807) is 11.3 Å². The molecule has 1 aromatic rings. The maximum absolute atomic E-state index is 4.72. The first-order valence-corrected chi connectivity index (χ1v) is 7.46. The van der Waals surface area contributed by atoms with E-state index in [2.05, 4.69) is 36.4 Å². The summed E-state index contributed by atoms with van der Waals surface area (Å²) >= 11 is 1.78. The van der Waals surface area contributed by atoms with Gasteiger partial charge in [0.15, 0.2) is 5.13 Å². The van der Waals surface area contributed by atoms with Crippen LogP contribution in [-0.4, -0.2) is 24.1 Å². The molecule has 1 atom stereocenters. The van der Waals surface area contributed by atoms with E-state index >= 15 is 0 Å². The molecule has 1 aliphatic rings. The molecule has 0 aliphatic carbocycles. The first-order chi connectivity index (χ1) is 8.16. The van der Waals surface area contributed by atoms with Gasteiger partial charge in [-0.3, -0.25) is 0 Å². The first-order valence-electron chi connectivity index (χ1n) is 6.58. The van der Waals surface area contributed by atoms with E-state index in [1.165, 1.54) is 30.2 Å². The molecule has 0 radical (unpaired) electrons. The van der Waals surface area contributed by atoms with Gasteiger partial charge in [0.2, 0.25) is 0 Å². The Morgan fingerprint density at radius 2 is 2.41 bits per heavy atom. The lowest BCUT2D eigenvalue weighted by Crippen LogP contribution is -2.26. The lowest BCUT2D eigenvalue weighted by molar-refractivity contribution is 0.549. The quantitative estimate of drug-likeness (QED) is 0.874. The summed E-state index contributed by atoms with van der Waals surface area (Å²) in [5.74, 6) is 0.701. The minimum Gasteiger partial charge on any atom is -0.345 e. The van der Waals surface area contributed by atoms with E-state index in [0.29, 0.717) is 12.0 Å². The van der Waals surface area contributed by atoms with Crippen molar-refractivity contribution < 1.29 is 0 Å². The van der Waals surface area contributed by atoms with E-state index < -0.39 is 0 Å². The summed E-state index contributed by atoms with van der Waals surface area (Å²) < 4.78 is 0. The summed E-state index contributed by atoms with van der Waals surface area (Å²) in [5.41, 5.74) is 1.18. The molecule has 0 aromatic carbocycles. The van der Waals surface area contributed by atoms with Gasteiger partial charge in [-0.1, -0.05) is 13.8 Å². The Hall–Kier alpha value is -0.610. The highest BCUT2D eigenvalue weighted by Crippen LogP contribution is 2.28. The summed E-state index contributed by atoms with van der Waals surface area (Å²) in [6, 6.07) is 0.664. The Balaban J connectivity index is 1.87. The van der Waals surface area contributed by atoms with E-state index in [-0.39, 0.29) is 0 Å². The van der Waals surface area contributed by atoms with Gasteiger partial charge in [0.1, 0.15) is 0 Å². The average Bonchev–Trinajstić information content (AvgIpc) is 2.86. The monoisotopic (exact) mass is 253 g/mol. The lowest BCUT2D eigenvalue weighted by atomic mass is 10.2. The van der Waals surface area contributed by atoms with E-state index in [4.69, 9.17) is 4.98 Å². The zero-order valence-electron chi connectivity index (χ0n) is 11.1. The molecule has 17 heavy (non-hydrogen) atoms. The fraction of sp³-hybridized carbons (Fsp3) is 0.769. The van der Waals surface area contributed by atoms with E-state index in [9.17, 15) is 0 Å². The van der Waals surface area contributed by atoms with Gasteiger partial charge in [0.05, 0.1) is 5.69 Å². The SMILES string of the molecule is CC(C)CNCc1csc(N2CCCC2C)n1. The van der Waals surface area contributed by atoms with Crippen molar-refractivity contribution in [1.29, 1.82) is 0 Å². The van der Waals surface area contributed by atoms with Crippen LogP contribution in [-0.2, 0) is 6.54 Å². The molecule has 0 saturated carbocycles. The number of hydrogen-bond acceptors (Lipinski definition) is 4. The van der Waals surface area contributed by atoms with Gasteiger partial charge >= 0.3 is 0 Å². The van der Waals surface area contributed by atoms with E-state index in [1.807, 2.05) is 0 Å². The Bertz CT molecular complexity index is 348. The highest BCUT2D eigenvalue weighted by atomic mass is 32.1. The van der Waals surface area contributed by atoms with Crippen molar-refractivity contribution in [3.63, 3.8) is 0 Å². The van der Waals surface area contributed by atoms with Gasteiger partial charge in [0, 0.05) is 24.5 Å². The zero-order chi connectivity index (χ0) is 12.3. The molecular formula is C13H23N3S. The second-order valence-corrected chi connectivity index (χ2v) is 6.17. The predicted octanol–water partition coefficient (Wildman–Crippen LogP) is 2.88. The van der Waals surface area contributed by atoms with Crippen LogP contribution in [0.2, 0.25) is 0 Å². The van der Waals surface area contributed by atoms with Crippen molar-refractivity contribution in [3.05, 3.63) is 11.1 Å². The molecule has 1 N–H and O–H groups in total. The Morgan fingerprint density at radius 1 is 1.59 bits per heavy atom. The highest BCUT2D eigenvalue weighted by molar-refractivity contribution is 7.13. The van der Waals surface area contributed by atoms with Crippen LogP contribution in [0.5, 0.6) is 0 Å². The van der Waals surface area contributed by atoms with Crippen molar-refractivity contribution >= 4 is 16.5 Å². The first kappa shape index (κ1) is 12.8. The summed E-state index contributed by atoms with van der Waals surface area (Å²) in [6.45, 7) is 9.89. The van der Waals surface area contributed by atoms with Crippen LogP contribution in [0.3, 0.4) is 0 Å². The smallest absolute Gasteiger partial charge is 0.185 e. The maximum Gasteiger partial charge on any atom is 0.185 e. The summed E-state index contributed by atoms with van der Waals surface area (Å²) in [7, 11) is 0. The molecular weight excluding hydrogens is 230 g/mol. The van der Waals surface area contributed by atoms with Crippen molar-refractivity contribution in [3.8, 4) is 0 Å². The van der Waals surface area contributed by atoms with Gasteiger partial charge in [0.25, 0.3) is 0 Å². The zero-order valence-corrected chi connectivity index (χ0v) is 11.9. The largest absolute Gasteiger partial charge is 0.345 e. The molecule has 1 unspecified atom stereocenters. The molecule has 0 bridgehead atoms. The van der Waals surface area contributed by atoms with Crippen molar-refractivity contribution in [2.24, 2.45) is 5.92 Å². The molecule has 4 heteroatoms. The number of nitrogens with zero attached hydrogens (tertiary/aromatic N) is 2.